The highest BCUT2D eigenvalue weighted by Crippen LogP contribution is 2.22. The Morgan fingerprint density at radius 1 is 1.37 bits per heavy atom. The van der Waals surface area contributed by atoms with Gasteiger partial charge in [-0.25, -0.2) is 4.39 Å². The number of benzene rings is 1. The molecule has 0 aromatic heterocycles. The number of amides is 2. The lowest BCUT2D eigenvalue weighted by atomic mass is 10.1. The molecule has 1 saturated heterocycles. The number of para-hydroxylation sites is 1. The fourth-order valence-corrected chi connectivity index (χ4v) is 2.23. The highest BCUT2D eigenvalue weighted by Gasteiger charge is 2.30. The molecule has 2 amide bonds. The molecular weight excluding hydrogens is 247 g/mol. The lowest BCUT2D eigenvalue weighted by Gasteiger charge is -2.24. The van der Waals surface area contributed by atoms with Crippen LogP contribution in [0.1, 0.15) is 26.2 Å². The maximum atomic E-state index is 13.8. The summed E-state index contributed by atoms with van der Waals surface area (Å²) in [6.45, 7) is 2.16. The Morgan fingerprint density at radius 3 is 2.79 bits per heavy atom. The van der Waals surface area contributed by atoms with E-state index in [4.69, 9.17) is 0 Å². The summed E-state index contributed by atoms with van der Waals surface area (Å²) in [6, 6.07) is 5.58. The van der Waals surface area contributed by atoms with Crippen molar-refractivity contribution in [2.24, 2.45) is 0 Å². The number of halogens is 1. The Morgan fingerprint density at radius 2 is 2.11 bits per heavy atom. The molecule has 1 aromatic carbocycles. The molecule has 1 atom stereocenters. The molecule has 1 heterocycles. The predicted octanol–water partition coefficient (Wildman–Crippen LogP) is 1.85. The first-order valence-corrected chi connectivity index (χ1v) is 6.48. The molecule has 1 aromatic rings. The Balaban J connectivity index is 2.31. The van der Waals surface area contributed by atoms with Crippen LogP contribution >= 0.6 is 0 Å². The number of rotatable bonds is 3. The molecule has 0 radical (unpaired) electrons. The molecule has 1 aliphatic heterocycles. The normalized spacial score (nSPS) is 20.1. The number of carbonyl (C=O) groups is 2. The van der Waals surface area contributed by atoms with Gasteiger partial charge in [-0.3, -0.25) is 9.59 Å². The van der Waals surface area contributed by atoms with Crippen molar-refractivity contribution in [3.63, 3.8) is 0 Å². The zero-order valence-electron chi connectivity index (χ0n) is 10.9. The fourth-order valence-electron chi connectivity index (χ4n) is 2.23. The van der Waals surface area contributed by atoms with Gasteiger partial charge in [-0.15, -0.1) is 0 Å². The minimum Gasteiger partial charge on any atom is -0.344 e. The summed E-state index contributed by atoms with van der Waals surface area (Å²) in [5, 5.41) is 2.70. The summed E-state index contributed by atoms with van der Waals surface area (Å²) in [7, 11) is 0. The number of hydrogen-bond donors (Lipinski definition) is 1. The summed E-state index contributed by atoms with van der Waals surface area (Å²) >= 11 is 0. The van der Waals surface area contributed by atoms with Crippen LogP contribution in [0.2, 0.25) is 0 Å². The van der Waals surface area contributed by atoms with Gasteiger partial charge in [0.05, 0.1) is 5.69 Å². The van der Waals surface area contributed by atoms with Gasteiger partial charge < -0.3 is 10.2 Å². The van der Waals surface area contributed by atoms with Crippen LogP contribution in [0, 0.1) is 5.82 Å². The molecule has 1 aliphatic rings. The van der Waals surface area contributed by atoms with E-state index in [1.54, 1.807) is 18.2 Å². The van der Waals surface area contributed by atoms with Gasteiger partial charge in [0.25, 0.3) is 0 Å². The molecule has 0 aliphatic carbocycles. The quantitative estimate of drug-likeness (QED) is 0.905. The SMILES string of the molecule is CCCC1NC(=O)CCN(c2ccccc2F)C1=O. The first-order chi connectivity index (χ1) is 9.13. The van der Waals surface area contributed by atoms with Crippen molar-refractivity contribution in [2.75, 3.05) is 11.4 Å². The predicted molar refractivity (Wildman–Crippen MR) is 70.2 cm³/mol. The zero-order chi connectivity index (χ0) is 13.8. The summed E-state index contributed by atoms with van der Waals surface area (Å²) in [4.78, 5) is 25.3. The van der Waals surface area contributed by atoms with Crippen LogP contribution in [0.3, 0.4) is 0 Å². The second-order valence-corrected chi connectivity index (χ2v) is 4.60. The van der Waals surface area contributed by atoms with Crippen molar-refractivity contribution in [1.29, 1.82) is 0 Å². The Labute approximate surface area is 111 Å². The molecule has 102 valence electrons. The molecule has 19 heavy (non-hydrogen) atoms. The number of hydrogen-bond acceptors (Lipinski definition) is 2. The van der Waals surface area contributed by atoms with Crippen LogP contribution in [0.15, 0.2) is 24.3 Å². The van der Waals surface area contributed by atoms with Crippen molar-refractivity contribution in [2.45, 2.75) is 32.2 Å². The largest absolute Gasteiger partial charge is 0.344 e. The van der Waals surface area contributed by atoms with E-state index in [1.807, 2.05) is 6.92 Å². The van der Waals surface area contributed by atoms with Crippen molar-refractivity contribution < 1.29 is 14.0 Å². The van der Waals surface area contributed by atoms with Crippen molar-refractivity contribution in [1.82, 2.24) is 5.32 Å². The van der Waals surface area contributed by atoms with Gasteiger partial charge in [0.15, 0.2) is 0 Å². The first-order valence-electron chi connectivity index (χ1n) is 6.48. The maximum Gasteiger partial charge on any atom is 0.249 e. The van der Waals surface area contributed by atoms with Gasteiger partial charge in [-0.2, -0.15) is 0 Å². The van der Waals surface area contributed by atoms with Crippen LogP contribution in [0.25, 0.3) is 0 Å². The third-order valence-corrected chi connectivity index (χ3v) is 3.18. The zero-order valence-corrected chi connectivity index (χ0v) is 10.9. The van der Waals surface area contributed by atoms with Gasteiger partial charge >= 0.3 is 0 Å². The lowest BCUT2D eigenvalue weighted by Crippen LogP contribution is -2.44. The topological polar surface area (TPSA) is 49.4 Å². The van der Waals surface area contributed by atoms with E-state index in [0.29, 0.717) is 6.42 Å². The first kappa shape index (κ1) is 13.5. The van der Waals surface area contributed by atoms with Gasteiger partial charge in [0, 0.05) is 13.0 Å². The second kappa shape index (κ2) is 5.82. The maximum absolute atomic E-state index is 13.8. The van der Waals surface area contributed by atoms with E-state index in [0.717, 1.165) is 6.42 Å². The molecule has 1 fully saturated rings. The monoisotopic (exact) mass is 264 g/mol. The lowest BCUT2D eigenvalue weighted by molar-refractivity contribution is -0.125. The van der Waals surface area contributed by atoms with E-state index in [9.17, 15) is 14.0 Å². The summed E-state index contributed by atoms with van der Waals surface area (Å²) in [5.41, 5.74) is 0.241. The van der Waals surface area contributed by atoms with Gasteiger partial charge in [0.1, 0.15) is 11.9 Å². The summed E-state index contributed by atoms with van der Waals surface area (Å²) in [5.74, 6) is -0.844. The molecular formula is C14H17FN2O2. The number of anilines is 1. The van der Waals surface area contributed by atoms with E-state index < -0.39 is 11.9 Å². The summed E-state index contributed by atoms with van der Waals surface area (Å²) in [6.07, 6.45) is 1.54. The Hall–Kier alpha value is -1.91. The van der Waals surface area contributed by atoms with E-state index in [2.05, 4.69) is 5.32 Å². The average molecular weight is 264 g/mol. The molecule has 0 spiro atoms. The summed E-state index contributed by atoms with van der Waals surface area (Å²) < 4.78 is 13.8. The third-order valence-electron chi connectivity index (χ3n) is 3.18. The minimum absolute atomic E-state index is 0.161. The van der Waals surface area contributed by atoms with Crippen LogP contribution < -0.4 is 10.2 Å². The Kier molecular flexibility index (Phi) is 4.14. The van der Waals surface area contributed by atoms with Crippen LogP contribution in [0.5, 0.6) is 0 Å². The molecule has 1 unspecified atom stereocenters. The van der Waals surface area contributed by atoms with Gasteiger partial charge in [-0.1, -0.05) is 25.5 Å². The van der Waals surface area contributed by atoms with E-state index in [-0.39, 0.29) is 30.5 Å². The van der Waals surface area contributed by atoms with Crippen LogP contribution in [-0.2, 0) is 9.59 Å². The highest BCUT2D eigenvalue weighted by atomic mass is 19.1. The number of nitrogens with zero attached hydrogens (tertiary/aromatic N) is 1. The van der Waals surface area contributed by atoms with Crippen LogP contribution in [0.4, 0.5) is 10.1 Å². The molecule has 0 saturated carbocycles. The van der Waals surface area contributed by atoms with Crippen LogP contribution in [-0.4, -0.2) is 24.4 Å². The molecule has 2 rings (SSSR count). The minimum atomic E-state index is -0.556. The molecule has 5 heteroatoms. The second-order valence-electron chi connectivity index (χ2n) is 4.60. The van der Waals surface area contributed by atoms with Gasteiger partial charge in [-0.05, 0) is 18.6 Å². The molecule has 1 N–H and O–H groups in total. The third kappa shape index (κ3) is 2.92. The van der Waals surface area contributed by atoms with Crippen molar-refractivity contribution in [3.8, 4) is 0 Å². The standard InChI is InChI=1S/C14H17FN2O2/c1-2-5-11-14(19)17(9-8-13(18)16-11)12-7-4-3-6-10(12)15/h3-4,6-7,11H,2,5,8-9H2,1H3,(H,16,18). The smallest absolute Gasteiger partial charge is 0.249 e. The van der Waals surface area contributed by atoms with Crippen molar-refractivity contribution >= 4 is 17.5 Å². The van der Waals surface area contributed by atoms with E-state index in [1.165, 1.54) is 11.0 Å². The van der Waals surface area contributed by atoms with E-state index >= 15 is 0 Å². The molecule has 0 bridgehead atoms. The Bertz CT molecular complexity index is 490. The van der Waals surface area contributed by atoms with Crippen molar-refractivity contribution in [3.05, 3.63) is 30.1 Å². The van der Waals surface area contributed by atoms with Gasteiger partial charge in [0.2, 0.25) is 11.8 Å². The molecule has 4 nitrogen and oxygen atoms in total. The average Bonchev–Trinajstić information content (AvgIpc) is 2.52. The highest BCUT2D eigenvalue weighted by molar-refractivity contribution is 6.01. The number of carbonyl (C=O) groups excluding carboxylic acids is 2. The fraction of sp³-hybridized carbons (Fsp3) is 0.429. The number of nitrogens with one attached hydrogen (secondary N) is 1.